The van der Waals surface area contributed by atoms with Crippen molar-refractivity contribution in [2.75, 3.05) is 19.6 Å². The van der Waals surface area contributed by atoms with Gasteiger partial charge in [-0.15, -0.1) is 0 Å². The molecule has 0 heterocycles. The van der Waals surface area contributed by atoms with Gasteiger partial charge >= 0.3 is 27.0 Å². The molecule has 0 spiro atoms. The zero-order chi connectivity index (χ0) is 20.7. The number of hydrogen-bond acceptors (Lipinski definition) is 9. The second kappa shape index (κ2) is 15.9. The Bertz CT molecular complexity index is 384. The molecule has 0 radical (unpaired) electrons. The van der Waals surface area contributed by atoms with Crippen LogP contribution < -0.4 is 0 Å². The van der Waals surface area contributed by atoms with Crippen molar-refractivity contribution in [1.29, 1.82) is 0 Å². The maximum absolute atomic E-state index is 11.1. The van der Waals surface area contributed by atoms with Gasteiger partial charge in [-0.2, -0.15) is 0 Å². The van der Waals surface area contributed by atoms with E-state index in [1.165, 1.54) is 19.6 Å². The lowest BCUT2D eigenvalue weighted by Crippen LogP contribution is -2.28. The summed E-state index contributed by atoms with van der Waals surface area (Å²) in [4.78, 5) is 33.2. The fraction of sp³-hybridized carbons (Fsp3) is 0.867. The van der Waals surface area contributed by atoms with E-state index in [-0.39, 0.29) is 0 Å². The van der Waals surface area contributed by atoms with Crippen LogP contribution in [0, 0.1) is 0 Å². The Labute approximate surface area is 155 Å². The van der Waals surface area contributed by atoms with E-state index in [9.17, 15) is 14.2 Å². The van der Waals surface area contributed by atoms with Crippen LogP contribution in [0.25, 0.3) is 0 Å². The topological polar surface area (TPSA) is 121 Å². The van der Waals surface area contributed by atoms with Crippen molar-refractivity contribution in [2.24, 2.45) is 0 Å². The summed E-state index contributed by atoms with van der Waals surface area (Å²) in [6.07, 6.45) is -3.41. The molecule has 1 N–H and O–H groups in total. The Kier molecular flexibility index (Phi) is 16.4. The van der Waals surface area contributed by atoms with Gasteiger partial charge in [-0.1, -0.05) is 20.8 Å². The van der Waals surface area contributed by atoms with E-state index in [2.05, 4.69) is 49.1 Å². The molecule has 0 aromatic heterocycles. The number of hydrogen-bond donors (Lipinski definition) is 1. The molecule has 1 atom stereocenters. The van der Waals surface area contributed by atoms with Crippen LogP contribution in [-0.4, -0.2) is 60.4 Å². The molecule has 0 aromatic carbocycles. The Morgan fingerprint density at radius 1 is 0.846 bits per heavy atom. The van der Waals surface area contributed by atoms with Crippen LogP contribution >= 0.6 is 8.25 Å². The minimum absolute atomic E-state index is 0.484. The van der Waals surface area contributed by atoms with Gasteiger partial charge in [0, 0.05) is 0 Å². The predicted molar refractivity (Wildman–Crippen MR) is 95.0 cm³/mol. The van der Waals surface area contributed by atoms with Crippen LogP contribution in [-0.2, 0) is 28.0 Å². The monoisotopic (exact) mass is 401 g/mol. The zero-order valence-electron chi connectivity index (χ0n) is 16.5. The van der Waals surface area contributed by atoms with E-state index in [4.69, 9.17) is 4.89 Å². The summed E-state index contributed by atoms with van der Waals surface area (Å²) in [6.45, 7) is 14.3. The normalized spacial score (nSPS) is 11.8. The van der Waals surface area contributed by atoms with Crippen LogP contribution in [0.3, 0.4) is 0 Å². The van der Waals surface area contributed by atoms with Gasteiger partial charge in [-0.3, -0.25) is 4.57 Å². The molecule has 0 aliphatic rings. The Hall–Kier alpha value is -1.35. The minimum atomic E-state index is -3.50. The maximum Gasteiger partial charge on any atom is 0.513 e. The molecule has 0 saturated heterocycles. The van der Waals surface area contributed by atoms with E-state index in [1.54, 1.807) is 27.7 Å². The molecule has 11 heteroatoms. The summed E-state index contributed by atoms with van der Waals surface area (Å²) in [7, 11) is -3.50. The van der Waals surface area contributed by atoms with E-state index < -0.39 is 39.2 Å². The van der Waals surface area contributed by atoms with Gasteiger partial charge in [0.2, 0.25) is 0 Å². The molecule has 10 nitrogen and oxygen atoms in total. The number of ether oxygens (including phenoxy) is 4. The molecule has 26 heavy (non-hydrogen) atoms. The van der Waals surface area contributed by atoms with Gasteiger partial charge in [0.15, 0.2) is 0 Å². The standard InChI is InChI=1S/C9H17O9P.C6H15N/c1-5(2)14-7(10)16-9(18-19(12)13)17-8(11)15-6(3)4;1-4-7(5-2)6-3/h5-6,9,19H,1-4H3,(H,12,13);4-6H2,1-3H3. The van der Waals surface area contributed by atoms with Crippen molar-refractivity contribution < 1.29 is 42.5 Å². The predicted octanol–water partition coefficient (Wildman–Crippen LogP) is 3.14. The van der Waals surface area contributed by atoms with Crippen molar-refractivity contribution in [3.63, 3.8) is 0 Å². The highest BCUT2D eigenvalue weighted by Gasteiger charge is 2.24. The lowest BCUT2D eigenvalue weighted by molar-refractivity contribution is -0.206. The Morgan fingerprint density at radius 3 is 1.38 bits per heavy atom. The van der Waals surface area contributed by atoms with Gasteiger partial charge < -0.3 is 28.7 Å². The summed E-state index contributed by atoms with van der Waals surface area (Å²) < 4.78 is 32.7. The molecule has 0 aliphatic heterocycles. The van der Waals surface area contributed by atoms with Gasteiger partial charge in [0.25, 0.3) is 0 Å². The van der Waals surface area contributed by atoms with Gasteiger partial charge in [-0.25, -0.2) is 14.1 Å². The lowest BCUT2D eigenvalue weighted by Gasteiger charge is -2.17. The molecule has 0 fully saturated rings. The van der Waals surface area contributed by atoms with Crippen LogP contribution in [0.15, 0.2) is 0 Å². The summed E-state index contributed by atoms with van der Waals surface area (Å²) in [5, 5.41) is 0. The molecule has 0 aromatic rings. The van der Waals surface area contributed by atoms with Crippen molar-refractivity contribution in [3.05, 3.63) is 0 Å². The van der Waals surface area contributed by atoms with E-state index in [0.29, 0.717) is 0 Å². The Balaban J connectivity index is 0. The summed E-state index contributed by atoms with van der Waals surface area (Å²) in [5.41, 5.74) is 0. The number of carbonyl (C=O) groups is 2. The largest absolute Gasteiger partial charge is 0.513 e. The average molecular weight is 401 g/mol. The molecule has 0 rings (SSSR count). The van der Waals surface area contributed by atoms with E-state index in [0.717, 1.165) is 0 Å². The summed E-state index contributed by atoms with van der Waals surface area (Å²) >= 11 is 0. The van der Waals surface area contributed by atoms with Crippen LogP contribution in [0.2, 0.25) is 0 Å². The quantitative estimate of drug-likeness (QED) is 0.350. The highest BCUT2D eigenvalue weighted by molar-refractivity contribution is 7.32. The Morgan fingerprint density at radius 2 is 1.19 bits per heavy atom. The van der Waals surface area contributed by atoms with Crippen molar-refractivity contribution in [2.45, 2.75) is 67.2 Å². The molecular weight excluding hydrogens is 369 g/mol. The molecule has 0 bridgehead atoms. The van der Waals surface area contributed by atoms with Gasteiger partial charge in [0.1, 0.15) is 0 Å². The van der Waals surface area contributed by atoms with Crippen LogP contribution in [0.4, 0.5) is 9.59 Å². The van der Waals surface area contributed by atoms with Crippen LogP contribution in [0.1, 0.15) is 48.5 Å². The molecular formula is C15H32NO9P. The first-order valence-corrected chi connectivity index (χ1v) is 9.68. The number of rotatable bonds is 9. The second-order valence-electron chi connectivity index (χ2n) is 5.36. The van der Waals surface area contributed by atoms with Gasteiger partial charge in [-0.05, 0) is 47.3 Å². The third-order valence-electron chi connectivity index (χ3n) is 2.59. The minimum Gasteiger partial charge on any atom is -0.431 e. The number of nitrogens with zero attached hydrogens (tertiary/aromatic N) is 1. The van der Waals surface area contributed by atoms with Crippen molar-refractivity contribution in [3.8, 4) is 0 Å². The third kappa shape index (κ3) is 17.5. The lowest BCUT2D eigenvalue weighted by atomic mass is 10.5. The second-order valence-corrected chi connectivity index (χ2v) is 6.13. The number of carbonyl (C=O) groups excluding carboxylic acids is 2. The molecule has 0 amide bonds. The SMILES string of the molecule is CC(C)OC(=O)OC(OC(=O)OC(C)C)O[PH](=O)O.CCN(CC)CC. The fourth-order valence-corrected chi connectivity index (χ4v) is 1.68. The van der Waals surface area contributed by atoms with Crippen molar-refractivity contribution >= 4 is 20.6 Å². The molecule has 156 valence electrons. The first-order chi connectivity index (χ1) is 12.0. The van der Waals surface area contributed by atoms with Crippen molar-refractivity contribution in [1.82, 2.24) is 4.90 Å². The molecule has 0 aliphatic carbocycles. The zero-order valence-corrected chi connectivity index (χ0v) is 17.5. The van der Waals surface area contributed by atoms with Crippen LogP contribution in [0.5, 0.6) is 0 Å². The van der Waals surface area contributed by atoms with Gasteiger partial charge in [0.05, 0.1) is 12.2 Å². The molecule has 1 unspecified atom stereocenters. The van der Waals surface area contributed by atoms with E-state index >= 15 is 0 Å². The third-order valence-corrected chi connectivity index (χ3v) is 2.98. The highest BCUT2D eigenvalue weighted by atomic mass is 31.1. The highest BCUT2D eigenvalue weighted by Crippen LogP contribution is 2.20. The van der Waals surface area contributed by atoms with E-state index in [1.807, 2.05) is 0 Å². The summed E-state index contributed by atoms with van der Waals surface area (Å²) in [5.74, 6) is 0. The fourth-order valence-electron chi connectivity index (χ4n) is 1.42. The first kappa shape index (κ1) is 26.9. The summed E-state index contributed by atoms with van der Waals surface area (Å²) in [6, 6.07) is 0. The smallest absolute Gasteiger partial charge is 0.431 e. The maximum atomic E-state index is 11.1. The first-order valence-electron chi connectivity index (χ1n) is 8.41. The molecule has 0 saturated carbocycles. The average Bonchev–Trinajstić information content (AvgIpc) is 2.46.